The predicted molar refractivity (Wildman–Crippen MR) is 106 cm³/mol. The summed E-state index contributed by atoms with van der Waals surface area (Å²) in [4.78, 5) is 16.1. The third kappa shape index (κ3) is 3.00. The molecule has 124 valence electrons. The molecule has 0 saturated heterocycles. The average Bonchev–Trinajstić information content (AvgIpc) is 2.94. The molecule has 3 nitrogen and oxygen atoms in total. The van der Waals surface area contributed by atoms with Crippen LogP contribution in [0.5, 0.6) is 0 Å². The van der Waals surface area contributed by atoms with Crippen molar-refractivity contribution >= 4 is 65.3 Å². The number of hydrogen-bond acceptors (Lipinski definition) is 1. The van der Waals surface area contributed by atoms with Crippen LogP contribution < -0.4 is 5.32 Å². The van der Waals surface area contributed by atoms with Gasteiger partial charge in [-0.25, -0.2) is 0 Å². The van der Waals surface area contributed by atoms with Crippen molar-refractivity contribution in [3.8, 4) is 0 Å². The summed E-state index contributed by atoms with van der Waals surface area (Å²) >= 11 is 7.12. The van der Waals surface area contributed by atoms with Crippen LogP contribution in [0.15, 0.2) is 39.3 Å². The maximum absolute atomic E-state index is 12.6. The number of H-pyrrole nitrogens is 1. The number of carbonyl (C=O) groups excluding carboxylic acids is 1. The molecule has 1 amide bonds. The van der Waals surface area contributed by atoms with Crippen LogP contribution in [-0.4, -0.2) is 10.9 Å². The van der Waals surface area contributed by atoms with Crippen molar-refractivity contribution in [2.24, 2.45) is 5.92 Å². The van der Waals surface area contributed by atoms with Crippen molar-refractivity contribution < 1.29 is 4.79 Å². The second kappa shape index (κ2) is 6.52. The van der Waals surface area contributed by atoms with E-state index < -0.39 is 0 Å². The Labute approximate surface area is 157 Å². The summed E-state index contributed by atoms with van der Waals surface area (Å²) in [6, 6.07) is 10.3. The molecule has 0 bridgehead atoms. The highest BCUT2D eigenvalue weighted by Gasteiger charge is 2.22. The van der Waals surface area contributed by atoms with Crippen LogP contribution in [0, 0.1) is 5.92 Å². The molecule has 0 unspecified atom stereocenters. The van der Waals surface area contributed by atoms with Gasteiger partial charge in [-0.05, 0) is 43.2 Å². The molecule has 5 heteroatoms. The third-order valence-electron chi connectivity index (χ3n) is 4.87. The van der Waals surface area contributed by atoms with Crippen LogP contribution in [0.3, 0.4) is 0 Å². The molecule has 1 heterocycles. The fourth-order valence-electron chi connectivity index (χ4n) is 3.64. The van der Waals surface area contributed by atoms with E-state index in [1.807, 2.05) is 12.1 Å². The topological polar surface area (TPSA) is 44.9 Å². The highest BCUT2D eigenvalue weighted by molar-refractivity contribution is 9.10. The van der Waals surface area contributed by atoms with E-state index in [-0.39, 0.29) is 11.8 Å². The Bertz CT molecular complexity index is 926. The van der Waals surface area contributed by atoms with E-state index in [0.717, 1.165) is 62.1 Å². The Morgan fingerprint density at radius 1 is 1.00 bits per heavy atom. The van der Waals surface area contributed by atoms with Gasteiger partial charge in [-0.2, -0.15) is 0 Å². The van der Waals surface area contributed by atoms with Gasteiger partial charge in [0.2, 0.25) is 5.91 Å². The number of carbonyl (C=O) groups is 1. The highest BCUT2D eigenvalue weighted by Crippen LogP contribution is 2.35. The van der Waals surface area contributed by atoms with Gasteiger partial charge < -0.3 is 10.3 Å². The minimum atomic E-state index is 0.145. The number of aromatic amines is 1. The zero-order chi connectivity index (χ0) is 16.7. The summed E-state index contributed by atoms with van der Waals surface area (Å²) in [5.74, 6) is 0.292. The molecular formula is C19H18Br2N2O. The molecule has 0 spiro atoms. The van der Waals surface area contributed by atoms with Crippen LogP contribution in [0.2, 0.25) is 0 Å². The number of hydrogen-bond donors (Lipinski definition) is 2. The first-order valence-electron chi connectivity index (χ1n) is 8.33. The SMILES string of the molecule is O=C(Nc1cc(Br)cc2c1[nH]c1ccc(Br)cc12)C1CCCCC1. The summed E-state index contributed by atoms with van der Waals surface area (Å²) in [7, 11) is 0. The minimum absolute atomic E-state index is 0.145. The summed E-state index contributed by atoms with van der Waals surface area (Å²) in [5, 5.41) is 5.42. The first-order chi connectivity index (χ1) is 11.6. The van der Waals surface area contributed by atoms with Crippen molar-refractivity contribution in [1.29, 1.82) is 0 Å². The molecule has 1 fully saturated rings. The fraction of sp³-hybridized carbons (Fsp3) is 0.316. The van der Waals surface area contributed by atoms with Gasteiger partial charge >= 0.3 is 0 Å². The smallest absolute Gasteiger partial charge is 0.227 e. The molecule has 4 rings (SSSR count). The second-order valence-electron chi connectivity index (χ2n) is 6.52. The number of benzene rings is 2. The first kappa shape index (κ1) is 16.2. The van der Waals surface area contributed by atoms with Crippen molar-refractivity contribution in [1.82, 2.24) is 4.98 Å². The van der Waals surface area contributed by atoms with Crippen molar-refractivity contribution in [2.75, 3.05) is 5.32 Å². The summed E-state index contributed by atoms with van der Waals surface area (Å²) in [6.07, 6.45) is 5.58. The predicted octanol–water partition coefficient (Wildman–Crippen LogP) is 6.36. The number of fused-ring (bicyclic) bond motifs is 3. The number of amides is 1. The van der Waals surface area contributed by atoms with E-state index in [1.54, 1.807) is 0 Å². The summed E-state index contributed by atoms with van der Waals surface area (Å²) < 4.78 is 2.01. The lowest BCUT2D eigenvalue weighted by Gasteiger charge is -2.21. The monoisotopic (exact) mass is 448 g/mol. The molecule has 0 radical (unpaired) electrons. The Balaban J connectivity index is 1.77. The van der Waals surface area contributed by atoms with E-state index in [0.29, 0.717) is 0 Å². The Kier molecular flexibility index (Phi) is 4.39. The van der Waals surface area contributed by atoms with Crippen molar-refractivity contribution in [3.63, 3.8) is 0 Å². The third-order valence-corrected chi connectivity index (χ3v) is 5.82. The lowest BCUT2D eigenvalue weighted by molar-refractivity contribution is -0.120. The van der Waals surface area contributed by atoms with Gasteiger partial charge in [0.25, 0.3) is 0 Å². The van der Waals surface area contributed by atoms with Crippen molar-refractivity contribution in [3.05, 3.63) is 39.3 Å². The average molecular weight is 450 g/mol. The summed E-state index contributed by atoms with van der Waals surface area (Å²) in [6.45, 7) is 0. The molecule has 3 aromatic rings. The Morgan fingerprint density at radius 2 is 1.75 bits per heavy atom. The number of nitrogens with one attached hydrogen (secondary N) is 2. The van der Waals surface area contributed by atoms with Crippen LogP contribution in [0.25, 0.3) is 21.8 Å². The lowest BCUT2D eigenvalue weighted by Crippen LogP contribution is -2.24. The molecule has 2 aromatic carbocycles. The Morgan fingerprint density at radius 3 is 2.54 bits per heavy atom. The van der Waals surface area contributed by atoms with Crippen LogP contribution >= 0.6 is 31.9 Å². The molecular weight excluding hydrogens is 432 g/mol. The van der Waals surface area contributed by atoms with E-state index >= 15 is 0 Å². The standard InChI is InChI=1S/C19H18Br2N2O/c20-12-6-7-16-14(8-12)15-9-13(21)10-17(18(15)22-16)23-19(24)11-4-2-1-3-5-11/h6-11,22H,1-5H2,(H,23,24). The fourth-order valence-corrected chi connectivity index (χ4v) is 4.45. The van der Waals surface area contributed by atoms with Gasteiger partial charge in [0.1, 0.15) is 0 Å². The normalized spacial score (nSPS) is 15.9. The van der Waals surface area contributed by atoms with E-state index in [2.05, 4.69) is 60.4 Å². The molecule has 1 aromatic heterocycles. The molecule has 0 aliphatic heterocycles. The summed E-state index contributed by atoms with van der Waals surface area (Å²) in [5.41, 5.74) is 2.90. The number of halogens is 2. The van der Waals surface area contributed by atoms with Gasteiger partial charge in [-0.3, -0.25) is 4.79 Å². The Hall–Kier alpha value is -1.33. The van der Waals surface area contributed by atoms with Gasteiger partial charge in [0.05, 0.1) is 11.2 Å². The highest BCUT2D eigenvalue weighted by atomic mass is 79.9. The van der Waals surface area contributed by atoms with E-state index in [9.17, 15) is 4.79 Å². The number of aromatic nitrogens is 1. The molecule has 1 aliphatic carbocycles. The number of rotatable bonds is 2. The van der Waals surface area contributed by atoms with Crippen LogP contribution in [-0.2, 0) is 4.79 Å². The first-order valence-corrected chi connectivity index (χ1v) is 9.92. The quantitative estimate of drug-likeness (QED) is 0.469. The van der Waals surface area contributed by atoms with E-state index in [4.69, 9.17) is 0 Å². The van der Waals surface area contributed by atoms with Gasteiger partial charge in [0.15, 0.2) is 0 Å². The zero-order valence-electron chi connectivity index (χ0n) is 13.2. The molecule has 1 aliphatic rings. The van der Waals surface area contributed by atoms with Crippen LogP contribution in [0.1, 0.15) is 32.1 Å². The van der Waals surface area contributed by atoms with E-state index in [1.165, 1.54) is 6.42 Å². The molecule has 24 heavy (non-hydrogen) atoms. The van der Waals surface area contributed by atoms with Gasteiger partial charge in [-0.1, -0.05) is 51.1 Å². The van der Waals surface area contributed by atoms with Crippen LogP contribution in [0.4, 0.5) is 5.69 Å². The lowest BCUT2D eigenvalue weighted by atomic mass is 9.88. The van der Waals surface area contributed by atoms with Crippen molar-refractivity contribution in [2.45, 2.75) is 32.1 Å². The van der Waals surface area contributed by atoms with Gasteiger partial charge in [0, 0.05) is 31.2 Å². The number of anilines is 1. The maximum Gasteiger partial charge on any atom is 0.227 e. The zero-order valence-corrected chi connectivity index (χ0v) is 16.3. The second-order valence-corrected chi connectivity index (χ2v) is 8.35. The molecule has 1 saturated carbocycles. The molecule has 0 atom stereocenters. The largest absolute Gasteiger partial charge is 0.353 e. The molecule has 2 N–H and O–H groups in total. The minimum Gasteiger partial charge on any atom is -0.353 e. The van der Waals surface area contributed by atoms with Gasteiger partial charge in [-0.15, -0.1) is 0 Å². The maximum atomic E-state index is 12.6.